The lowest BCUT2D eigenvalue weighted by molar-refractivity contribution is -0.114. The van der Waals surface area contributed by atoms with Crippen LogP contribution in [-0.2, 0) is 4.79 Å². The van der Waals surface area contributed by atoms with Crippen molar-refractivity contribution in [3.63, 3.8) is 0 Å². The molecule has 0 saturated heterocycles. The van der Waals surface area contributed by atoms with Gasteiger partial charge in [-0.05, 0) is 73.4 Å². The highest BCUT2D eigenvalue weighted by atomic mass is 32.2. The van der Waals surface area contributed by atoms with Crippen LogP contribution in [0.25, 0.3) is 6.08 Å². The number of hydrogen-bond donors (Lipinski definition) is 1. The molecule has 2 heterocycles. The number of ether oxygens (including phenoxy) is 3. The molecule has 0 radical (unpaired) electrons. The molecule has 2 aromatic carbocycles. The van der Waals surface area contributed by atoms with Crippen molar-refractivity contribution >= 4 is 39.8 Å². The molecular formula is C28H32N4O4S. The number of aryl methyl sites for hydroxylation is 2. The molecule has 0 spiro atoms. The number of hydrazone groups is 1. The van der Waals surface area contributed by atoms with E-state index in [4.69, 9.17) is 19.6 Å². The second-order valence-electron chi connectivity index (χ2n) is 9.17. The fraction of sp³-hybridized carbons (Fsp3) is 0.357. The van der Waals surface area contributed by atoms with Gasteiger partial charge in [0.15, 0.2) is 17.3 Å². The van der Waals surface area contributed by atoms with Gasteiger partial charge >= 0.3 is 0 Å². The van der Waals surface area contributed by atoms with E-state index in [1.807, 2.05) is 45.0 Å². The van der Waals surface area contributed by atoms with Gasteiger partial charge in [-0.2, -0.15) is 15.1 Å². The van der Waals surface area contributed by atoms with Crippen LogP contribution in [0.2, 0.25) is 0 Å². The van der Waals surface area contributed by atoms with Crippen molar-refractivity contribution in [3.05, 3.63) is 58.7 Å². The van der Waals surface area contributed by atoms with E-state index in [-0.39, 0.29) is 11.4 Å². The fourth-order valence-electron chi connectivity index (χ4n) is 3.95. The number of nitrogens with one attached hydrogen (secondary N) is 1. The van der Waals surface area contributed by atoms with Crippen LogP contribution in [-0.4, -0.2) is 46.8 Å². The molecule has 0 aromatic heterocycles. The third-order valence-electron chi connectivity index (χ3n) is 5.65. The summed E-state index contributed by atoms with van der Waals surface area (Å²) in [6, 6.07) is 11.5. The molecule has 2 aliphatic rings. The van der Waals surface area contributed by atoms with E-state index in [1.165, 1.54) is 16.8 Å². The predicted octanol–water partition coefficient (Wildman–Crippen LogP) is 5.83. The first-order valence-electron chi connectivity index (χ1n) is 12.3. The van der Waals surface area contributed by atoms with Crippen LogP contribution in [0.4, 0.5) is 0 Å². The molecule has 0 fully saturated rings. The first-order chi connectivity index (χ1) is 17.8. The Kier molecular flexibility index (Phi) is 8.33. The molecule has 8 nitrogen and oxygen atoms in total. The van der Waals surface area contributed by atoms with Crippen molar-refractivity contribution in [1.82, 2.24) is 5.01 Å². The number of rotatable bonds is 10. The summed E-state index contributed by atoms with van der Waals surface area (Å²) in [4.78, 5) is 16.9. The van der Waals surface area contributed by atoms with E-state index in [0.717, 1.165) is 28.3 Å². The smallest absolute Gasteiger partial charge is 0.283 e. The quantitative estimate of drug-likeness (QED) is 0.313. The summed E-state index contributed by atoms with van der Waals surface area (Å²) in [7, 11) is 0. The minimum Gasteiger partial charge on any atom is -0.490 e. The maximum atomic E-state index is 12.7. The van der Waals surface area contributed by atoms with Crippen LogP contribution in [0.5, 0.6) is 17.2 Å². The maximum Gasteiger partial charge on any atom is 0.283 e. The number of aliphatic imine (C=N–C) groups is 1. The number of benzene rings is 2. The number of amidine groups is 2. The molecular weight excluding hydrogens is 488 g/mol. The Bertz CT molecular complexity index is 1280. The molecule has 2 aliphatic heterocycles. The largest absolute Gasteiger partial charge is 0.490 e. The second kappa shape index (κ2) is 11.6. The van der Waals surface area contributed by atoms with Gasteiger partial charge in [-0.3, -0.25) is 10.2 Å². The molecule has 0 saturated carbocycles. The van der Waals surface area contributed by atoms with Gasteiger partial charge in [-0.1, -0.05) is 38.1 Å². The summed E-state index contributed by atoms with van der Waals surface area (Å²) in [5.74, 6) is 2.00. The number of carbonyl (C=O) groups is 1. The van der Waals surface area contributed by atoms with Gasteiger partial charge in [0.1, 0.15) is 24.0 Å². The molecule has 4 rings (SSSR count). The number of thioether (sulfide) groups is 1. The van der Waals surface area contributed by atoms with E-state index in [0.29, 0.717) is 48.0 Å². The monoisotopic (exact) mass is 520 g/mol. The molecule has 0 bridgehead atoms. The zero-order chi connectivity index (χ0) is 26.5. The van der Waals surface area contributed by atoms with Gasteiger partial charge in [-0.15, -0.1) is 0 Å². The van der Waals surface area contributed by atoms with E-state index in [2.05, 4.69) is 23.9 Å². The van der Waals surface area contributed by atoms with E-state index in [9.17, 15) is 4.79 Å². The van der Waals surface area contributed by atoms with Crippen molar-refractivity contribution in [3.8, 4) is 17.2 Å². The molecule has 2 aromatic rings. The van der Waals surface area contributed by atoms with Crippen LogP contribution >= 0.6 is 11.8 Å². The van der Waals surface area contributed by atoms with E-state index in [1.54, 1.807) is 18.2 Å². The third-order valence-corrected chi connectivity index (χ3v) is 6.58. The lowest BCUT2D eigenvalue weighted by atomic mass is 10.1. The number of hydrogen-bond acceptors (Lipinski definition) is 7. The maximum absolute atomic E-state index is 12.7. The molecule has 37 heavy (non-hydrogen) atoms. The van der Waals surface area contributed by atoms with Gasteiger partial charge in [0.2, 0.25) is 5.17 Å². The predicted molar refractivity (Wildman–Crippen MR) is 149 cm³/mol. The molecule has 0 atom stereocenters. The molecule has 9 heteroatoms. The Morgan fingerprint density at radius 2 is 1.78 bits per heavy atom. The second-order valence-corrected chi connectivity index (χ2v) is 10.2. The SMILES string of the molecule is CCOc1cc(/C=C2\C(=N)N3N=C(CC(C)C)SC3=NC2=O)ccc1OCCOc1c(C)cccc1C. The Morgan fingerprint density at radius 1 is 1.05 bits per heavy atom. The third kappa shape index (κ3) is 6.22. The van der Waals surface area contributed by atoms with Gasteiger partial charge in [-0.25, -0.2) is 0 Å². The summed E-state index contributed by atoms with van der Waals surface area (Å²) in [5.41, 5.74) is 3.05. The zero-order valence-corrected chi connectivity index (χ0v) is 22.6. The van der Waals surface area contributed by atoms with E-state index < -0.39 is 5.91 Å². The molecule has 0 unspecified atom stereocenters. The highest BCUT2D eigenvalue weighted by Gasteiger charge is 2.35. The topological polar surface area (TPSA) is 96.6 Å². The average molecular weight is 521 g/mol. The van der Waals surface area contributed by atoms with Crippen molar-refractivity contribution in [2.75, 3.05) is 19.8 Å². The first-order valence-corrected chi connectivity index (χ1v) is 13.2. The van der Waals surface area contributed by atoms with Crippen LogP contribution in [0.15, 0.2) is 52.1 Å². The summed E-state index contributed by atoms with van der Waals surface area (Å²) >= 11 is 1.35. The summed E-state index contributed by atoms with van der Waals surface area (Å²) in [6.07, 6.45) is 2.41. The van der Waals surface area contributed by atoms with E-state index >= 15 is 0 Å². The minimum atomic E-state index is -0.452. The van der Waals surface area contributed by atoms with Gasteiger partial charge in [0.25, 0.3) is 5.91 Å². The number of nitrogens with zero attached hydrogens (tertiary/aromatic N) is 3. The Morgan fingerprint density at radius 3 is 2.49 bits per heavy atom. The standard InChI is InChI=1S/C28H32N4O4S/c1-6-34-23-16-20(10-11-22(23)35-12-13-36-25-18(4)8-7-9-19(25)5)15-21-26(29)32-28(30-27(21)33)37-24(31-32)14-17(2)3/h7-11,15-17,29H,6,12-14H2,1-5H3/b21-15+,29-26?. The van der Waals surface area contributed by atoms with Crippen molar-refractivity contribution in [1.29, 1.82) is 5.41 Å². The Labute approximate surface area is 221 Å². The highest BCUT2D eigenvalue weighted by Crippen LogP contribution is 2.33. The molecule has 1 N–H and O–H groups in total. The lowest BCUT2D eigenvalue weighted by Crippen LogP contribution is -2.35. The summed E-state index contributed by atoms with van der Waals surface area (Å²) in [5, 5.41) is 15.8. The number of amides is 1. The van der Waals surface area contributed by atoms with Crippen molar-refractivity contribution < 1.29 is 19.0 Å². The van der Waals surface area contributed by atoms with Crippen molar-refractivity contribution in [2.45, 2.75) is 41.0 Å². The zero-order valence-electron chi connectivity index (χ0n) is 21.8. The summed E-state index contributed by atoms with van der Waals surface area (Å²) < 4.78 is 17.7. The molecule has 1 amide bonds. The van der Waals surface area contributed by atoms with Gasteiger partial charge in [0.05, 0.1) is 12.2 Å². The number of para-hydroxylation sites is 1. The van der Waals surface area contributed by atoms with Gasteiger partial charge < -0.3 is 14.2 Å². The average Bonchev–Trinajstić information content (AvgIpc) is 3.23. The molecule has 194 valence electrons. The van der Waals surface area contributed by atoms with Crippen LogP contribution in [0, 0.1) is 25.2 Å². The lowest BCUT2D eigenvalue weighted by Gasteiger charge is -2.20. The van der Waals surface area contributed by atoms with Crippen molar-refractivity contribution in [2.24, 2.45) is 16.0 Å². The summed E-state index contributed by atoms with van der Waals surface area (Å²) in [6.45, 7) is 11.3. The normalized spacial score (nSPS) is 16.2. The minimum absolute atomic E-state index is 0.0168. The fourth-order valence-corrected chi connectivity index (χ4v) is 5.05. The highest BCUT2D eigenvalue weighted by molar-refractivity contribution is 8.26. The van der Waals surface area contributed by atoms with Crippen LogP contribution in [0.1, 0.15) is 43.9 Å². The number of carbonyl (C=O) groups excluding carboxylic acids is 1. The van der Waals surface area contributed by atoms with Gasteiger partial charge in [0, 0.05) is 6.42 Å². The first kappa shape index (κ1) is 26.5. The number of fused-ring (bicyclic) bond motifs is 1. The Hall–Kier alpha value is -3.59. The molecule has 0 aliphatic carbocycles. The van der Waals surface area contributed by atoms with Crippen LogP contribution < -0.4 is 14.2 Å². The Balaban J connectivity index is 1.47. The van der Waals surface area contributed by atoms with Crippen LogP contribution in [0.3, 0.4) is 0 Å².